The van der Waals surface area contributed by atoms with E-state index in [1.165, 1.54) is 5.56 Å². The molecule has 1 heterocycles. The largest absolute Gasteiger partial charge is 0.376 e. The Morgan fingerprint density at radius 1 is 1.43 bits per heavy atom. The summed E-state index contributed by atoms with van der Waals surface area (Å²) in [5.41, 5.74) is 3.25. The predicted molar refractivity (Wildman–Crippen MR) is 53.3 cm³/mol. The van der Waals surface area contributed by atoms with Crippen LogP contribution in [0.4, 0.5) is 11.4 Å². The monoisotopic (exact) mass is 195 g/mol. The Morgan fingerprint density at radius 2 is 2.21 bits per heavy atom. The molecule has 0 spiro atoms. The molecule has 0 saturated carbocycles. The maximum absolute atomic E-state index is 9.15. The zero-order valence-electron chi connectivity index (χ0n) is 8.20. The Morgan fingerprint density at radius 3 is 2.86 bits per heavy atom. The van der Waals surface area contributed by atoms with Crippen LogP contribution >= 0.6 is 0 Å². The van der Waals surface area contributed by atoms with Crippen LogP contribution in [0.3, 0.4) is 0 Å². The second kappa shape index (κ2) is 3.57. The summed E-state index contributed by atoms with van der Waals surface area (Å²) >= 11 is 0. The molecule has 0 aromatic heterocycles. The fourth-order valence-corrected chi connectivity index (χ4v) is 1.86. The van der Waals surface area contributed by atoms with E-state index in [0.717, 1.165) is 16.3 Å². The molecule has 0 amide bonds. The van der Waals surface area contributed by atoms with Gasteiger partial charge < -0.3 is 10.2 Å². The third kappa shape index (κ3) is 1.37. The molecule has 2 rings (SSSR count). The van der Waals surface area contributed by atoms with Crippen LogP contribution in [0, 0.1) is 6.92 Å². The van der Waals surface area contributed by atoms with Gasteiger partial charge in [0, 0.05) is 6.07 Å². The molecule has 1 aliphatic rings. The molecule has 0 saturated heterocycles. The van der Waals surface area contributed by atoms with Crippen LogP contribution in [-0.4, -0.2) is 30.3 Å². The highest BCUT2D eigenvalue weighted by molar-refractivity contribution is 5.66. The van der Waals surface area contributed by atoms with E-state index < -0.39 is 0 Å². The van der Waals surface area contributed by atoms with Crippen molar-refractivity contribution in [2.45, 2.75) is 6.92 Å². The molecule has 1 aromatic rings. The molecule has 3 N–H and O–H groups in total. The van der Waals surface area contributed by atoms with Gasteiger partial charge in [-0.05, 0) is 18.6 Å². The minimum atomic E-state index is -0.0000463. The molecule has 4 heteroatoms. The Kier molecular flexibility index (Phi) is 2.41. The number of aryl methyl sites for hydroxylation is 1. The van der Waals surface area contributed by atoms with Crippen LogP contribution in [0.5, 0.6) is 0 Å². The van der Waals surface area contributed by atoms with E-state index in [1.54, 1.807) is 0 Å². The first kappa shape index (κ1) is 9.45. The van der Waals surface area contributed by atoms with E-state index in [1.807, 2.05) is 30.0 Å². The lowest BCUT2D eigenvalue weighted by Crippen LogP contribution is -3.07. The van der Waals surface area contributed by atoms with Crippen LogP contribution in [-0.2, 0) is 0 Å². The van der Waals surface area contributed by atoms with Crippen LogP contribution in [0.25, 0.3) is 0 Å². The third-order valence-electron chi connectivity index (χ3n) is 2.62. The predicted octanol–water partition coefficient (Wildman–Crippen LogP) is -0.811. The van der Waals surface area contributed by atoms with Crippen molar-refractivity contribution in [2.24, 2.45) is 0 Å². The third-order valence-corrected chi connectivity index (χ3v) is 2.62. The van der Waals surface area contributed by atoms with E-state index in [0.29, 0.717) is 6.67 Å². The number of aliphatic hydroxyl groups is 2. The second-order valence-electron chi connectivity index (χ2n) is 3.62. The lowest BCUT2D eigenvalue weighted by atomic mass is 10.2. The molecule has 0 aliphatic carbocycles. The Balaban J connectivity index is 2.42. The number of hydrogen-bond acceptors (Lipinski definition) is 3. The van der Waals surface area contributed by atoms with Gasteiger partial charge in [0.25, 0.3) is 0 Å². The smallest absolute Gasteiger partial charge is 0.184 e. The summed E-state index contributed by atoms with van der Waals surface area (Å²) in [6.07, 6.45) is 0. The van der Waals surface area contributed by atoms with E-state index in [9.17, 15) is 0 Å². The number of fused-ring (bicyclic) bond motifs is 1. The number of quaternary nitrogens is 1. The highest BCUT2D eigenvalue weighted by atomic mass is 16.3. The summed E-state index contributed by atoms with van der Waals surface area (Å²) in [4.78, 5) is 2.84. The molecule has 1 atom stereocenters. The summed E-state index contributed by atoms with van der Waals surface area (Å²) in [6, 6.07) is 6.06. The first-order valence-electron chi connectivity index (χ1n) is 4.68. The minimum Gasteiger partial charge on any atom is -0.376 e. The highest BCUT2D eigenvalue weighted by Crippen LogP contribution is 2.26. The molecule has 1 aromatic carbocycles. The second-order valence-corrected chi connectivity index (χ2v) is 3.62. The van der Waals surface area contributed by atoms with Gasteiger partial charge in [-0.2, -0.15) is 0 Å². The number of nitrogens with one attached hydrogen (secondary N) is 1. The van der Waals surface area contributed by atoms with Gasteiger partial charge in [0.05, 0.1) is 0 Å². The Labute approximate surface area is 83.0 Å². The average molecular weight is 195 g/mol. The van der Waals surface area contributed by atoms with Crippen LogP contribution < -0.4 is 9.80 Å². The SMILES string of the molecule is Cc1ccc2c(c1)N(CO)C[NH+]2CO. The topological polar surface area (TPSA) is 48.1 Å². The fourth-order valence-electron chi connectivity index (χ4n) is 1.86. The lowest BCUT2D eigenvalue weighted by Gasteiger charge is -2.12. The Bertz CT molecular complexity index is 341. The van der Waals surface area contributed by atoms with Gasteiger partial charge in [-0.3, -0.25) is 9.80 Å². The van der Waals surface area contributed by atoms with Gasteiger partial charge in [0.15, 0.2) is 19.1 Å². The Hall–Kier alpha value is -1.10. The van der Waals surface area contributed by atoms with E-state index in [-0.39, 0.29) is 13.5 Å². The van der Waals surface area contributed by atoms with Crippen molar-refractivity contribution in [3.8, 4) is 0 Å². The highest BCUT2D eigenvalue weighted by Gasteiger charge is 2.29. The van der Waals surface area contributed by atoms with Crippen molar-refractivity contribution in [1.82, 2.24) is 0 Å². The van der Waals surface area contributed by atoms with Crippen molar-refractivity contribution in [2.75, 3.05) is 25.0 Å². The molecular weight excluding hydrogens is 180 g/mol. The number of hydrogen-bond donors (Lipinski definition) is 3. The van der Waals surface area contributed by atoms with Crippen LogP contribution in [0.15, 0.2) is 18.2 Å². The number of anilines is 1. The number of benzene rings is 1. The first-order chi connectivity index (χ1) is 6.76. The fraction of sp³-hybridized carbons (Fsp3) is 0.400. The first-order valence-corrected chi connectivity index (χ1v) is 4.68. The van der Waals surface area contributed by atoms with Crippen LogP contribution in [0.1, 0.15) is 5.56 Å². The van der Waals surface area contributed by atoms with Gasteiger partial charge in [-0.25, -0.2) is 0 Å². The standard InChI is InChI=1S/C10H14N2O2/c1-8-2-3-9-10(4-8)12(7-14)5-11(9)6-13/h2-4,13-14H,5-7H2,1H3/p+1. The normalized spacial score (nSPS) is 19.9. The minimum absolute atomic E-state index is 0.0000463. The molecule has 14 heavy (non-hydrogen) atoms. The summed E-state index contributed by atoms with van der Waals surface area (Å²) in [5.74, 6) is 0. The molecular formula is C10H15N2O2+. The maximum Gasteiger partial charge on any atom is 0.184 e. The van der Waals surface area contributed by atoms with Crippen molar-refractivity contribution < 1.29 is 15.1 Å². The lowest BCUT2D eigenvalue weighted by molar-refractivity contribution is -0.847. The summed E-state index contributed by atoms with van der Waals surface area (Å²) < 4.78 is 0. The quantitative estimate of drug-likeness (QED) is 0.578. The van der Waals surface area contributed by atoms with Crippen molar-refractivity contribution >= 4 is 11.4 Å². The molecule has 76 valence electrons. The van der Waals surface area contributed by atoms with E-state index in [2.05, 4.69) is 0 Å². The van der Waals surface area contributed by atoms with Gasteiger partial charge >= 0.3 is 0 Å². The number of aliphatic hydroxyl groups excluding tert-OH is 2. The summed E-state index contributed by atoms with van der Waals surface area (Å²) in [6.45, 7) is 2.71. The zero-order valence-corrected chi connectivity index (χ0v) is 8.20. The number of rotatable bonds is 2. The molecule has 1 aliphatic heterocycles. The van der Waals surface area contributed by atoms with Crippen molar-refractivity contribution in [3.63, 3.8) is 0 Å². The van der Waals surface area contributed by atoms with Gasteiger partial charge in [-0.15, -0.1) is 0 Å². The van der Waals surface area contributed by atoms with E-state index in [4.69, 9.17) is 10.2 Å². The zero-order chi connectivity index (χ0) is 10.1. The summed E-state index contributed by atoms with van der Waals surface area (Å²) in [5, 5.41) is 18.3. The van der Waals surface area contributed by atoms with Gasteiger partial charge in [-0.1, -0.05) is 6.07 Å². The van der Waals surface area contributed by atoms with Crippen LogP contribution in [0.2, 0.25) is 0 Å². The molecule has 1 unspecified atom stereocenters. The van der Waals surface area contributed by atoms with Gasteiger partial charge in [0.1, 0.15) is 12.4 Å². The molecule has 0 bridgehead atoms. The average Bonchev–Trinajstić information content (AvgIpc) is 2.55. The van der Waals surface area contributed by atoms with Crippen molar-refractivity contribution in [3.05, 3.63) is 23.8 Å². The van der Waals surface area contributed by atoms with Gasteiger partial charge in [0.2, 0.25) is 0 Å². The molecule has 0 fully saturated rings. The van der Waals surface area contributed by atoms with Crippen molar-refractivity contribution in [1.29, 1.82) is 0 Å². The number of nitrogens with zero attached hydrogens (tertiary/aromatic N) is 1. The molecule has 0 radical (unpaired) electrons. The molecule has 4 nitrogen and oxygen atoms in total. The summed E-state index contributed by atoms with van der Waals surface area (Å²) in [7, 11) is 0. The maximum atomic E-state index is 9.15. The van der Waals surface area contributed by atoms with E-state index >= 15 is 0 Å².